The molecule has 0 bridgehead atoms. The summed E-state index contributed by atoms with van der Waals surface area (Å²) >= 11 is 6.25. The van der Waals surface area contributed by atoms with Gasteiger partial charge in [0.15, 0.2) is 0 Å². The second-order valence-electron chi connectivity index (χ2n) is 6.89. The summed E-state index contributed by atoms with van der Waals surface area (Å²) in [5, 5.41) is 21.5. The Hall–Kier alpha value is -2.69. The Balaban J connectivity index is 1.62. The molecule has 1 aromatic heterocycles. The summed E-state index contributed by atoms with van der Waals surface area (Å²) in [6.07, 6.45) is 1.22. The van der Waals surface area contributed by atoms with Crippen LogP contribution in [0.25, 0.3) is 5.57 Å². The summed E-state index contributed by atoms with van der Waals surface area (Å²) in [4.78, 5) is 21.9. The molecule has 2 amide bonds. The maximum Gasteiger partial charge on any atom is 0.417 e. The van der Waals surface area contributed by atoms with Crippen LogP contribution in [0.2, 0.25) is 5.02 Å². The first-order chi connectivity index (χ1) is 14.7. The molecule has 7 nitrogen and oxygen atoms in total. The van der Waals surface area contributed by atoms with Crippen LogP contribution in [0.1, 0.15) is 30.2 Å². The molecule has 0 radical (unpaired) electrons. The van der Waals surface area contributed by atoms with Crippen LogP contribution in [0, 0.1) is 0 Å². The van der Waals surface area contributed by atoms with E-state index in [0.29, 0.717) is 35.5 Å². The Labute approximate surface area is 181 Å². The third-order valence-corrected chi connectivity index (χ3v) is 5.06. The van der Waals surface area contributed by atoms with Crippen molar-refractivity contribution in [3.8, 4) is 0 Å². The number of nitrogens with one attached hydrogen (secondary N) is 1. The number of carbonyl (C=O) groups is 1. The summed E-state index contributed by atoms with van der Waals surface area (Å²) in [5.74, 6) is 0.0537. The number of allylic oxidation sites excluding steroid dienone is 3. The fourth-order valence-electron chi connectivity index (χ4n) is 3.05. The van der Waals surface area contributed by atoms with Gasteiger partial charge in [-0.3, -0.25) is 10.3 Å². The fourth-order valence-corrected chi connectivity index (χ4v) is 3.34. The van der Waals surface area contributed by atoms with Gasteiger partial charge in [-0.05, 0) is 30.6 Å². The van der Waals surface area contributed by atoms with Gasteiger partial charge in [0.2, 0.25) is 0 Å². The standard InChI is InChI=1S/C20H20ClF3N4O3/c21-15-8-13(16(30)11-29)9-26-18(15)12-4-6-28(7-5-12)19(31)27-17-3-1-2-14(10-25-17)20(22,23)24/h2-4,8-10,16,29-30H,1,5-7,11H2,(H,27,31). The molecule has 31 heavy (non-hydrogen) atoms. The van der Waals surface area contributed by atoms with Crippen LogP contribution in [0.4, 0.5) is 18.0 Å². The molecule has 3 N–H and O–H groups in total. The molecule has 0 aliphatic carbocycles. The molecule has 0 spiro atoms. The van der Waals surface area contributed by atoms with Gasteiger partial charge >= 0.3 is 12.2 Å². The van der Waals surface area contributed by atoms with Crippen LogP contribution in [0.5, 0.6) is 0 Å². The van der Waals surface area contributed by atoms with Gasteiger partial charge in [0.25, 0.3) is 0 Å². The van der Waals surface area contributed by atoms with E-state index in [4.69, 9.17) is 16.7 Å². The van der Waals surface area contributed by atoms with E-state index in [1.54, 1.807) is 6.08 Å². The minimum atomic E-state index is -4.49. The van der Waals surface area contributed by atoms with Crippen molar-refractivity contribution in [2.24, 2.45) is 4.99 Å². The third-order valence-electron chi connectivity index (χ3n) is 4.77. The molecule has 3 rings (SSSR count). The summed E-state index contributed by atoms with van der Waals surface area (Å²) in [5.41, 5.74) is 0.886. The lowest BCUT2D eigenvalue weighted by atomic mass is 10.0. The molecule has 1 aromatic rings. The van der Waals surface area contributed by atoms with E-state index in [2.05, 4.69) is 15.3 Å². The Morgan fingerprint density at radius 2 is 2.10 bits per heavy atom. The van der Waals surface area contributed by atoms with E-state index in [1.807, 2.05) is 0 Å². The van der Waals surface area contributed by atoms with Crippen molar-refractivity contribution in [2.45, 2.75) is 25.1 Å². The van der Waals surface area contributed by atoms with Crippen molar-refractivity contribution in [1.82, 2.24) is 15.2 Å². The number of halogens is 4. The molecular weight excluding hydrogens is 437 g/mol. The number of urea groups is 1. The highest BCUT2D eigenvalue weighted by molar-refractivity contribution is 6.32. The van der Waals surface area contributed by atoms with Gasteiger partial charge in [0, 0.05) is 31.1 Å². The maximum atomic E-state index is 12.8. The summed E-state index contributed by atoms with van der Waals surface area (Å²) in [7, 11) is 0. The SMILES string of the molecule is O=C(NC1=CCC=C(C(F)(F)F)C=N1)N1CC=C(c2ncc(C(O)CO)cc2Cl)CC1. The van der Waals surface area contributed by atoms with Gasteiger partial charge in [-0.25, -0.2) is 9.79 Å². The van der Waals surface area contributed by atoms with E-state index >= 15 is 0 Å². The van der Waals surface area contributed by atoms with Crippen molar-refractivity contribution >= 4 is 29.4 Å². The quantitative estimate of drug-likeness (QED) is 0.647. The number of rotatable bonds is 4. The van der Waals surface area contributed by atoms with E-state index in [0.717, 1.165) is 11.6 Å². The lowest BCUT2D eigenvalue weighted by Crippen LogP contribution is -2.41. The molecule has 0 saturated carbocycles. The van der Waals surface area contributed by atoms with Crippen LogP contribution in [-0.4, -0.2) is 58.2 Å². The molecule has 3 heterocycles. The molecular formula is C20H20ClF3N4O3. The number of aromatic nitrogens is 1. The predicted octanol–water partition coefficient (Wildman–Crippen LogP) is 3.36. The fraction of sp³-hybridized carbons (Fsp3) is 0.350. The number of aliphatic imine (C=N–C) groups is 1. The summed E-state index contributed by atoms with van der Waals surface area (Å²) in [6.45, 7) is 0.154. The number of carbonyl (C=O) groups excluding carboxylic acids is 1. The van der Waals surface area contributed by atoms with Gasteiger partial charge in [-0.15, -0.1) is 0 Å². The molecule has 1 unspecified atom stereocenters. The first kappa shape index (κ1) is 23.0. The first-order valence-corrected chi connectivity index (χ1v) is 9.78. The topological polar surface area (TPSA) is 98.1 Å². The van der Waals surface area contributed by atoms with Gasteiger partial charge in [0.05, 0.1) is 22.9 Å². The smallest absolute Gasteiger partial charge is 0.393 e. The van der Waals surface area contributed by atoms with Gasteiger partial charge in [-0.1, -0.05) is 23.8 Å². The maximum absolute atomic E-state index is 12.8. The number of amides is 2. The molecule has 0 saturated heterocycles. The van der Waals surface area contributed by atoms with Crippen LogP contribution < -0.4 is 5.32 Å². The Kier molecular flexibility index (Phi) is 7.14. The number of aliphatic hydroxyl groups excluding tert-OH is 2. The Morgan fingerprint density at radius 3 is 2.71 bits per heavy atom. The van der Waals surface area contributed by atoms with Crippen LogP contribution >= 0.6 is 11.6 Å². The van der Waals surface area contributed by atoms with E-state index < -0.39 is 30.5 Å². The Bertz CT molecular complexity index is 973. The monoisotopic (exact) mass is 456 g/mol. The second-order valence-corrected chi connectivity index (χ2v) is 7.30. The molecule has 1 atom stereocenters. The van der Waals surface area contributed by atoms with Crippen LogP contribution in [-0.2, 0) is 0 Å². The molecule has 166 valence electrons. The van der Waals surface area contributed by atoms with Crippen molar-refractivity contribution in [1.29, 1.82) is 0 Å². The van der Waals surface area contributed by atoms with Crippen molar-refractivity contribution < 1.29 is 28.2 Å². The zero-order valence-corrected chi connectivity index (χ0v) is 17.0. The Morgan fingerprint density at radius 1 is 1.32 bits per heavy atom. The third kappa shape index (κ3) is 5.72. The number of hydrogen-bond acceptors (Lipinski definition) is 5. The molecule has 0 aromatic carbocycles. The summed E-state index contributed by atoms with van der Waals surface area (Å²) in [6, 6.07) is 1.06. The predicted molar refractivity (Wildman–Crippen MR) is 109 cm³/mol. The highest BCUT2D eigenvalue weighted by Gasteiger charge is 2.32. The lowest BCUT2D eigenvalue weighted by molar-refractivity contribution is -0.0857. The average molecular weight is 457 g/mol. The van der Waals surface area contributed by atoms with E-state index in [9.17, 15) is 23.1 Å². The van der Waals surface area contributed by atoms with Gasteiger partial charge in [0.1, 0.15) is 11.9 Å². The van der Waals surface area contributed by atoms with Crippen LogP contribution in [0.15, 0.2) is 46.9 Å². The highest BCUT2D eigenvalue weighted by atomic mass is 35.5. The van der Waals surface area contributed by atoms with E-state index in [1.165, 1.54) is 23.2 Å². The molecule has 11 heteroatoms. The number of pyridine rings is 1. The van der Waals surface area contributed by atoms with Crippen molar-refractivity contribution in [2.75, 3.05) is 19.7 Å². The number of alkyl halides is 3. The molecule has 2 aliphatic heterocycles. The molecule has 2 aliphatic rings. The highest BCUT2D eigenvalue weighted by Crippen LogP contribution is 2.29. The zero-order valence-electron chi connectivity index (χ0n) is 16.2. The molecule has 0 fully saturated rings. The van der Waals surface area contributed by atoms with Crippen molar-refractivity contribution in [3.05, 3.63) is 58.2 Å². The first-order valence-electron chi connectivity index (χ1n) is 9.40. The second kappa shape index (κ2) is 9.63. The minimum absolute atomic E-state index is 0.000347. The van der Waals surface area contributed by atoms with Crippen molar-refractivity contribution in [3.63, 3.8) is 0 Å². The van der Waals surface area contributed by atoms with E-state index in [-0.39, 0.29) is 18.8 Å². The largest absolute Gasteiger partial charge is 0.417 e. The van der Waals surface area contributed by atoms with Gasteiger partial charge in [-0.2, -0.15) is 13.2 Å². The van der Waals surface area contributed by atoms with Crippen LogP contribution in [0.3, 0.4) is 0 Å². The normalized spacial score (nSPS) is 18.0. The minimum Gasteiger partial charge on any atom is -0.393 e. The number of nitrogens with zero attached hydrogens (tertiary/aromatic N) is 3. The zero-order chi connectivity index (χ0) is 22.6. The number of aliphatic hydroxyl groups is 2. The lowest BCUT2D eigenvalue weighted by Gasteiger charge is -2.27. The number of hydrogen-bond donors (Lipinski definition) is 3. The van der Waals surface area contributed by atoms with Gasteiger partial charge < -0.3 is 15.1 Å². The average Bonchev–Trinajstić information content (AvgIpc) is 2.99. The summed E-state index contributed by atoms with van der Waals surface area (Å²) < 4.78 is 38.3.